The van der Waals surface area contributed by atoms with Crippen LogP contribution in [0.5, 0.6) is 0 Å². The molecule has 1 heterocycles. The Kier molecular flexibility index (Phi) is 18.1. The van der Waals surface area contributed by atoms with Crippen LogP contribution in [0.25, 0.3) is 0 Å². The highest BCUT2D eigenvalue weighted by atomic mass is 28.3. The summed E-state index contributed by atoms with van der Waals surface area (Å²) in [5.74, 6) is -2.52. The van der Waals surface area contributed by atoms with Gasteiger partial charge in [0.1, 0.15) is 12.7 Å². The summed E-state index contributed by atoms with van der Waals surface area (Å²) in [5.41, 5.74) is 0. The molecular formula is C30H54O10Si. The van der Waals surface area contributed by atoms with Gasteiger partial charge in [-0.15, -0.1) is 0 Å². The van der Waals surface area contributed by atoms with Crippen LogP contribution in [0.4, 0.5) is 0 Å². The Balaban J connectivity index is 2.76. The van der Waals surface area contributed by atoms with Gasteiger partial charge in [0.15, 0.2) is 24.6 Å². The van der Waals surface area contributed by atoms with E-state index in [9.17, 15) is 19.2 Å². The molecule has 10 nitrogen and oxygen atoms in total. The molecular weight excluding hydrogens is 548 g/mol. The molecule has 0 aliphatic carbocycles. The van der Waals surface area contributed by atoms with Crippen molar-refractivity contribution in [3.63, 3.8) is 0 Å². The molecule has 0 bridgehead atoms. The second-order valence-electron chi connectivity index (χ2n) is 11.8. The Bertz CT molecular complexity index is 802. The highest BCUT2D eigenvalue weighted by molar-refractivity contribution is 6.77. The standard InChI is InChI=1S/C30H54O10Si/c1-8-9-10-11-12-13-14-15-16-17-19-41(6,7)20-18-35-30-29(39-25(5)34)28(38-24(4)33)27(37-23(3)32)26(40-30)21-36-22(2)31/h26-30H,8-21H2,1-7H3/t26-,27-,28+,29-,30-/m1/s1. The fourth-order valence-electron chi connectivity index (χ4n) is 4.99. The molecule has 1 aliphatic rings. The number of hydrogen-bond donors (Lipinski definition) is 0. The van der Waals surface area contributed by atoms with Crippen LogP contribution >= 0.6 is 0 Å². The Hall–Kier alpha value is -1.98. The van der Waals surface area contributed by atoms with Crippen LogP contribution in [-0.4, -0.2) is 75.9 Å². The number of carbonyl (C=O) groups is 4. The zero-order valence-corrected chi connectivity index (χ0v) is 27.4. The maximum atomic E-state index is 12.0. The molecule has 238 valence electrons. The quantitative estimate of drug-likeness (QED) is 0.0740. The Labute approximate surface area is 247 Å². The molecule has 41 heavy (non-hydrogen) atoms. The van der Waals surface area contributed by atoms with E-state index in [0.717, 1.165) is 6.04 Å². The smallest absolute Gasteiger partial charge is 0.303 e. The second-order valence-corrected chi connectivity index (χ2v) is 17.1. The SMILES string of the molecule is CCCCCCCCCCCC[Si](C)(C)CCO[C@@H]1O[C@H](COC(C)=O)[C@@H](OC(C)=O)[C@H](OC(C)=O)[C@H]1OC(C)=O. The minimum Gasteiger partial charge on any atom is -0.463 e. The normalized spacial score (nSPS) is 22.6. The first-order valence-corrected chi connectivity index (χ1v) is 18.7. The van der Waals surface area contributed by atoms with Crippen LogP contribution in [-0.2, 0) is 47.6 Å². The van der Waals surface area contributed by atoms with Crippen molar-refractivity contribution in [3.8, 4) is 0 Å². The van der Waals surface area contributed by atoms with E-state index in [1.807, 2.05) is 0 Å². The number of ether oxygens (including phenoxy) is 6. The summed E-state index contributed by atoms with van der Waals surface area (Å²) < 4.78 is 33.6. The van der Waals surface area contributed by atoms with Crippen molar-refractivity contribution in [2.75, 3.05) is 13.2 Å². The summed E-state index contributed by atoms with van der Waals surface area (Å²) in [6.45, 7) is 11.8. The summed E-state index contributed by atoms with van der Waals surface area (Å²) in [4.78, 5) is 47.3. The van der Waals surface area contributed by atoms with Crippen molar-refractivity contribution >= 4 is 32.0 Å². The third kappa shape index (κ3) is 16.3. The second kappa shape index (κ2) is 20.0. The van der Waals surface area contributed by atoms with Gasteiger partial charge >= 0.3 is 23.9 Å². The summed E-state index contributed by atoms with van der Waals surface area (Å²) in [6.07, 6.45) is 7.36. The number of rotatable bonds is 20. The predicted octanol–water partition coefficient (Wildman–Crippen LogP) is 5.72. The van der Waals surface area contributed by atoms with E-state index in [-0.39, 0.29) is 6.61 Å². The molecule has 0 unspecified atom stereocenters. The Morgan fingerprint density at radius 1 is 0.634 bits per heavy atom. The molecule has 1 rings (SSSR count). The van der Waals surface area contributed by atoms with Crippen LogP contribution in [0.2, 0.25) is 25.2 Å². The molecule has 0 amide bonds. The van der Waals surface area contributed by atoms with Gasteiger partial charge in [0.05, 0.1) is 0 Å². The molecule has 5 atom stereocenters. The number of hydrogen-bond acceptors (Lipinski definition) is 10. The third-order valence-corrected chi connectivity index (χ3v) is 10.5. The van der Waals surface area contributed by atoms with Gasteiger partial charge < -0.3 is 28.4 Å². The van der Waals surface area contributed by atoms with Crippen LogP contribution in [0.1, 0.15) is 98.8 Å². The first kappa shape index (κ1) is 37.0. The molecule has 0 aromatic carbocycles. The number of carbonyl (C=O) groups excluding carboxylic acids is 4. The van der Waals surface area contributed by atoms with Crippen LogP contribution in [0, 0.1) is 0 Å². The van der Waals surface area contributed by atoms with Crippen molar-refractivity contribution in [1.29, 1.82) is 0 Å². The minimum atomic E-state index is -1.57. The van der Waals surface area contributed by atoms with Crippen molar-refractivity contribution in [1.82, 2.24) is 0 Å². The van der Waals surface area contributed by atoms with Crippen molar-refractivity contribution < 1.29 is 47.6 Å². The van der Waals surface area contributed by atoms with E-state index in [1.165, 1.54) is 97.9 Å². The van der Waals surface area contributed by atoms with E-state index in [2.05, 4.69) is 20.0 Å². The van der Waals surface area contributed by atoms with Gasteiger partial charge in [0.2, 0.25) is 0 Å². The molecule has 0 spiro atoms. The van der Waals surface area contributed by atoms with Crippen molar-refractivity contribution in [2.45, 2.75) is 155 Å². The molecule has 11 heteroatoms. The van der Waals surface area contributed by atoms with Gasteiger partial charge in [0.25, 0.3) is 0 Å². The molecule has 0 N–H and O–H groups in total. The lowest BCUT2D eigenvalue weighted by Crippen LogP contribution is -2.63. The van der Waals surface area contributed by atoms with Crippen LogP contribution < -0.4 is 0 Å². The average molecular weight is 603 g/mol. The van der Waals surface area contributed by atoms with E-state index in [1.54, 1.807) is 0 Å². The largest absolute Gasteiger partial charge is 0.463 e. The van der Waals surface area contributed by atoms with Crippen LogP contribution in [0.15, 0.2) is 0 Å². The van der Waals surface area contributed by atoms with E-state index in [4.69, 9.17) is 28.4 Å². The summed E-state index contributed by atoms with van der Waals surface area (Å²) in [6, 6.07) is 2.04. The molecule has 1 aliphatic heterocycles. The molecule has 0 saturated carbocycles. The van der Waals surface area contributed by atoms with Crippen molar-refractivity contribution in [2.24, 2.45) is 0 Å². The maximum Gasteiger partial charge on any atom is 0.303 e. The highest BCUT2D eigenvalue weighted by Gasteiger charge is 2.52. The fraction of sp³-hybridized carbons (Fsp3) is 0.867. The number of unbranched alkanes of at least 4 members (excludes halogenated alkanes) is 9. The lowest BCUT2D eigenvalue weighted by molar-refractivity contribution is -0.307. The molecule has 1 fully saturated rings. The lowest BCUT2D eigenvalue weighted by atomic mass is 9.98. The van der Waals surface area contributed by atoms with Crippen molar-refractivity contribution in [3.05, 3.63) is 0 Å². The molecule has 0 aromatic heterocycles. The predicted molar refractivity (Wildman–Crippen MR) is 157 cm³/mol. The van der Waals surface area contributed by atoms with E-state index < -0.39 is 62.7 Å². The first-order valence-electron chi connectivity index (χ1n) is 15.3. The minimum absolute atomic E-state index is 0.267. The zero-order chi connectivity index (χ0) is 30.8. The van der Waals surface area contributed by atoms with Gasteiger partial charge in [-0.05, 0) is 6.04 Å². The van der Waals surface area contributed by atoms with Gasteiger partial charge in [-0.1, -0.05) is 90.3 Å². The summed E-state index contributed by atoms with van der Waals surface area (Å²) in [5, 5.41) is 0. The Morgan fingerprint density at radius 2 is 1.12 bits per heavy atom. The van der Waals surface area contributed by atoms with Gasteiger partial charge in [0, 0.05) is 42.4 Å². The van der Waals surface area contributed by atoms with Gasteiger partial charge in [-0.3, -0.25) is 19.2 Å². The average Bonchev–Trinajstić information content (AvgIpc) is 2.86. The zero-order valence-electron chi connectivity index (χ0n) is 26.4. The molecule has 1 saturated heterocycles. The van der Waals surface area contributed by atoms with E-state index in [0.29, 0.717) is 6.61 Å². The van der Waals surface area contributed by atoms with E-state index >= 15 is 0 Å². The maximum absolute atomic E-state index is 12.0. The topological polar surface area (TPSA) is 124 Å². The van der Waals surface area contributed by atoms with Gasteiger partial charge in [-0.2, -0.15) is 0 Å². The highest BCUT2D eigenvalue weighted by Crippen LogP contribution is 2.31. The first-order chi connectivity index (χ1) is 19.4. The number of esters is 4. The Morgan fingerprint density at radius 3 is 1.63 bits per heavy atom. The molecule has 0 radical (unpaired) electrons. The third-order valence-electron chi connectivity index (χ3n) is 7.22. The monoisotopic (exact) mass is 602 g/mol. The summed E-state index contributed by atoms with van der Waals surface area (Å²) >= 11 is 0. The van der Waals surface area contributed by atoms with Gasteiger partial charge in [-0.25, -0.2) is 0 Å². The lowest BCUT2D eigenvalue weighted by Gasteiger charge is -2.44. The van der Waals surface area contributed by atoms with Crippen LogP contribution in [0.3, 0.4) is 0 Å². The fourth-order valence-corrected chi connectivity index (χ4v) is 7.12. The summed E-state index contributed by atoms with van der Waals surface area (Å²) in [7, 11) is -1.57. The molecule has 0 aromatic rings.